The van der Waals surface area contributed by atoms with E-state index in [0.29, 0.717) is 12.5 Å². The first-order valence-electron chi connectivity index (χ1n) is 9.15. The number of hydrogen-bond donors (Lipinski definition) is 1. The summed E-state index contributed by atoms with van der Waals surface area (Å²) in [5.74, 6) is 0.255. The Labute approximate surface area is 158 Å². The molecule has 0 atom stereocenters. The molecule has 1 fully saturated rings. The lowest BCUT2D eigenvalue weighted by atomic mass is 9.93. The van der Waals surface area contributed by atoms with Gasteiger partial charge in [0.1, 0.15) is 5.82 Å². The summed E-state index contributed by atoms with van der Waals surface area (Å²) in [5, 5.41) is 1.86. The Morgan fingerprint density at radius 1 is 1.04 bits per heavy atom. The highest BCUT2D eigenvalue weighted by Gasteiger charge is 2.24. The fraction of sp³-hybridized carbons (Fsp3) is 0.333. The predicted octanol–water partition coefficient (Wildman–Crippen LogP) is 4.56. The molecule has 1 aromatic heterocycles. The normalized spacial score (nSPS) is 16.4. The van der Waals surface area contributed by atoms with E-state index >= 15 is 0 Å². The van der Waals surface area contributed by atoms with Crippen LogP contribution < -0.4 is 5.73 Å². The summed E-state index contributed by atoms with van der Waals surface area (Å²) in [7, 11) is 0. The first-order chi connectivity index (χ1) is 12.7. The van der Waals surface area contributed by atoms with E-state index in [-0.39, 0.29) is 5.82 Å². The third kappa shape index (κ3) is 3.37. The van der Waals surface area contributed by atoms with Gasteiger partial charge in [-0.25, -0.2) is 4.39 Å². The van der Waals surface area contributed by atoms with Crippen molar-refractivity contribution in [1.29, 1.82) is 0 Å². The fourth-order valence-corrected chi connectivity index (χ4v) is 4.20. The summed E-state index contributed by atoms with van der Waals surface area (Å²) in [4.78, 5) is 2.43. The molecule has 2 heterocycles. The molecule has 3 aromatic rings. The van der Waals surface area contributed by atoms with E-state index in [9.17, 15) is 4.39 Å². The second kappa shape index (κ2) is 7.39. The molecule has 2 N–H and O–H groups in total. The van der Waals surface area contributed by atoms with Crippen LogP contribution in [0, 0.1) is 5.82 Å². The Morgan fingerprint density at radius 2 is 1.77 bits per heavy atom. The van der Waals surface area contributed by atoms with Gasteiger partial charge >= 0.3 is 0 Å². The number of nitrogens with zero attached hydrogens (tertiary/aromatic N) is 2. The Kier molecular flexibility index (Phi) is 4.98. The quantitative estimate of drug-likeness (QED) is 0.729. The number of aromatic nitrogens is 1. The van der Waals surface area contributed by atoms with E-state index < -0.39 is 0 Å². The molecule has 0 amide bonds. The van der Waals surface area contributed by atoms with Gasteiger partial charge in [-0.2, -0.15) is 0 Å². The van der Waals surface area contributed by atoms with Crippen molar-refractivity contribution in [2.75, 3.05) is 26.2 Å². The molecule has 1 saturated heterocycles. The van der Waals surface area contributed by atoms with Crippen molar-refractivity contribution in [2.45, 2.75) is 18.8 Å². The Morgan fingerprint density at radius 3 is 2.46 bits per heavy atom. The first-order valence-corrected chi connectivity index (χ1v) is 9.53. The van der Waals surface area contributed by atoms with E-state index in [2.05, 4.69) is 15.5 Å². The monoisotopic (exact) mass is 371 g/mol. The van der Waals surface area contributed by atoms with E-state index in [0.717, 1.165) is 54.1 Å². The molecule has 26 heavy (non-hydrogen) atoms. The first kappa shape index (κ1) is 17.5. The number of fused-ring (bicyclic) bond motifs is 1. The number of likely N-dealkylation sites (tertiary alicyclic amines) is 1. The molecule has 0 bridgehead atoms. The maximum absolute atomic E-state index is 13.4. The molecule has 1 aliphatic rings. The van der Waals surface area contributed by atoms with Crippen molar-refractivity contribution in [1.82, 2.24) is 9.47 Å². The smallest absolute Gasteiger partial charge is 0.123 e. The highest BCUT2D eigenvalue weighted by molar-refractivity contribution is 6.31. The van der Waals surface area contributed by atoms with Crippen molar-refractivity contribution in [3.63, 3.8) is 0 Å². The van der Waals surface area contributed by atoms with Crippen LogP contribution in [0.5, 0.6) is 0 Å². The summed E-state index contributed by atoms with van der Waals surface area (Å²) in [6.07, 6.45) is 2.20. The molecule has 5 heteroatoms. The second-order valence-electron chi connectivity index (χ2n) is 6.99. The van der Waals surface area contributed by atoms with Crippen LogP contribution in [0.1, 0.15) is 24.5 Å². The summed E-state index contributed by atoms with van der Waals surface area (Å²) >= 11 is 6.21. The lowest BCUT2D eigenvalue weighted by Gasteiger charge is -2.32. The third-order valence-corrected chi connectivity index (χ3v) is 5.56. The van der Waals surface area contributed by atoms with Gasteiger partial charge in [0.25, 0.3) is 0 Å². The van der Waals surface area contributed by atoms with Crippen molar-refractivity contribution >= 4 is 22.5 Å². The zero-order valence-corrected chi connectivity index (χ0v) is 15.4. The molecule has 4 rings (SSSR count). The number of benzene rings is 2. The summed E-state index contributed by atoms with van der Waals surface area (Å²) < 4.78 is 15.7. The minimum atomic E-state index is -0.218. The van der Waals surface area contributed by atoms with E-state index in [1.807, 2.05) is 30.3 Å². The number of nitrogens with two attached hydrogens (primary N) is 1. The number of halogens is 2. The van der Waals surface area contributed by atoms with Gasteiger partial charge in [-0.3, -0.25) is 0 Å². The fourth-order valence-electron chi connectivity index (χ4n) is 4.02. The van der Waals surface area contributed by atoms with E-state index in [1.54, 1.807) is 0 Å². The zero-order chi connectivity index (χ0) is 18.1. The topological polar surface area (TPSA) is 34.2 Å². The van der Waals surface area contributed by atoms with Gasteiger partial charge in [0.2, 0.25) is 0 Å². The van der Waals surface area contributed by atoms with Gasteiger partial charge in [-0.1, -0.05) is 11.6 Å². The van der Waals surface area contributed by atoms with Gasteiger partial charge in [0, 0.05) is 40.8 Å². The summed E-state index contributed by atoms with van der Waals surface area (Å²) in [5.41, 5.74) is 9.07. The van der Waals surface area contributed by atoms with Crippen LogP contribution >= 0.6 is 11.6 Å². The van der Waals surface area contributed by atoms with Crippen LogP contribution in [0.2, 0.25) is 5.02 Å². The van der Waals surface area contributed by atoms with Gasteiger partial charge in [-0.05, 0) is 74.5 Å². The lowest BCUT2D eigenvalue weighted by molar-refractivity contribution is 0.216. The predicted molar refractivity (Wildman–Crippen MR) is 106 cm³/mol. The zero-order valence-electron chi connectivity index (χ0n) is 14.7. The van der Waals surface area contributed by atoms with Crippen LogP contribution in [0.3, 0.4) is 0 Å². The maximum Gasteiger partial charge on any atom is 0.123 e. The maximum atomic E-state index is 13.4. The summed E-state index contributed by atoms with van der Waals surface area (Å²) in [6.45, 7) is 3.80. The lowest BCUT2D eigenvalue weighted by Crippen LogP contribution is -2.36. The molecule has 0 spiro atoms. The minimum absolute atomic E-state index is 0.218. The molecule has 0 aliphatic carbocycles. The van der Waals surface area contributed by atoms with Crippen LogP contribution in [0.15, 0.2) is 48.5 Å². The van der Waals surface area contributed by atoms with Crippen LogP contribution in [0.25, 0.3) is 16.6 Å². The average molecular weight is 372 g/mol. The minimum Gasteiger partial charge on any atom is -0.329 e. The highest BCUT2D eigenvalue weighted by Crippen LogP contribution is 2.35. The van der Waals surface area contributed by atoms with Crippen molar-refractivity contribution in [2.24, 2.45) is 5.73 Å². The number of rotatable bonds is 4. The third-order valence-electron chi connectivity index (χ3n) is 5.33. The van der Waals surface area contributed by atoms with E-state index in [1.165, 1.54) is 17.8 Å². The van der Waals surface area contributed by atoms with Crippen molar-refractivity contribution in [3.8, 4) is 5.69 Å². The molecule has 3 nitrogen and oxygen atoms in total. The number of piperidine rings is 1. The van der Waals surface area contributed by atoms with Crippen LogP contribution in [0.4, 0.5) is 4.39 Å². The summed E-state index contributed by atoms with van der Waals surface area (Å²) in [6, 6.07) is 14.9. The van der Waals surface area contributed by atoms with Crippen molar-refractivity contribution in [3.05, 3.63) is 65.1 Å². The van der Waals surface area contributed by atoms with Crippen LogP contribution in [-0.2, 0) is 0 Å². The molecule has 1 aliphatic heterocycles. The van der Waals surface area contributed by atoms with Gasteiger partial charge in [-0.15, -0.1) is 0 Å². The SMILES string of the molecule is NCCN1CCC(c2cc3cc(Cl)ccc3n2-c2ccc(F)cc2)CC1. The number of hydrogen-bond acceptors (Lipinski definition) is 2. The average Bonchev–Trinajstić information content (AvgIpc) is 3.02. The molecule has 0 radical (unpaired) electrons. The Bertz CT molecular complexity index is 896. The molecule has 136 valence electrons. The molecular formula is C21H23ClFN3. The molecule has 0 unspecified atom stereocenters. The van der Waals surface area contributed by atoms with Crippen LogP contribution in [-0.4, -0.2) is 35.6 Å². The van der Waals surface area contributed by atoms with Crippen molar-refractivity contribution < 1.29 is 4.39 Å². The molecular weight excluding hydrogens is 349 g/mol. The molecule has 0 saturated carbocycles. The van der Waals surface area contributed by atoms with Gasteiger partial charge in [0.15, 0.2) is 0 Å². The Balaban J connectivity index is 1.76. The Hall–Kier alpha value is -1.88. The van der Waals surface area contributed by atoms with Gasteiger partial charge in [0.05, 0.1) is 5.52 Å². The second-order valence-corrected chi connectivity index (χ2v) is 7.43. The standard InChI is InChI=1S/C21H23ClFN3/c22-17-1-6-20-16(13-17)14-21(15-7-10-25(11-8-15)12-9-24)26(20)19-4-2-18(23)3-5-19/h1-6,13-15H,7-12,24H2. The highest BCUT2D eigenvalue weighted by atomic mass is 35.5. The van der Waals surface area contributed by atoms with Gasteiger partial charge < -0.3 is 15.2 Å². The molecule has 2 aromatic carbocycles. The van der Waals surface area contributed by atoms with E-state index in [4.69, 9.17) is 17.3 Å². The largest absolute Gasteiger partial charge is 0.329 e.